The van der Waals surface area contributed by atoms with Crippen LogP contribution in [0.15, 0.2) is 18.2 Å². The van der Waals surface area contributed by atoms with Crippen LogP contribution in [0.25, 0.3) is 0 Å². The molecule has 1 aromatic carbocycles. The summed E-state index contributed by atoms with van der Waals surface area (Å²) in [6, 6.07) is 6.70. The van der Waals surface area contributed by atoms with Crippen molar-refractivity contribution in [2.24, 2.45) is 5.92 Å². The molecule has 1 amide bonds. The monoisotopic (exact) mass is 272 g/mol. The molecule has 3 rings (SSSR count). The van der Waals surface area contributed by atoms with Crippen LogP contribution in [0.3, 0.4) is 0 Å². The van der Waals surface area contributed by atoms with E-state index in [1.54, 1.807) is 0 Å². The molecule has 0 atom stereocenters. The number of carbonyl (C=O) groups is 1. The molecule has 20 heavy (non-hydrogen) atoms. The predicted molar refractivity (Wildman–Crippen MR) is 82.1 cm³/mol. The maximum absolute atomic E-state index is 12.2. The van der Waals surface area contributed by atoms with E-state index in [9.17, 15) is 4.79 Å². The summed E-state index contributed by atoms with van der Waals surface area (Å²) in [5.41, 5.74) is 3.93. The van der Waals surface area contributed by atoms with Gasteiger partial charge in [-0.05, 0) is 49.9 Å². The van der Waals surface area contributed by atoms with Crippen LogP contribution < -0.4 is 4.90 Å². The van der Waals surface area contributed by atoms with Gasteiger partial charge >= 0.3 is 0 Å². The SMILES string of the molecule is Cc1cc(C)cc(N2CCN(C(=O)C3CCC3)CC2)c1. The predicted octanol–water partition coefficient (Wildman–Crippen LogP) is 2.75. The number of piperazine rings is 1. The summed E-state index contributed by atoms with van der Waals surface area (Å²) in [4.78, 5) is 16.7. The number of amides is 1. The van der Waals surface area contributed by atoms with Gasteiger partial charge in [-0.1, -0.05) is 12.5 Å². The number of hydrogen-bond acceptors (Lipinski definition) is 2. The van der Waals surface area contributed by atoms with Gasteiger partial charge in [0.05, 0.1) is 0 Å². The molecule has 0 unspecified atom stereocenters. The van der Waals surface area contributed by atoms with Crippen molar-refractivity contribution in [3.8, 4) is 0 Å². The molecular weight excluding hydrogens is 248 g/mol. The normalized spacial score (nSPS) is 19.9. The maximum atomic E-state index is 12.2. The highest BCUT2D eigenvalue weighted by atomic mass is 16.2. The summed E-state index contributed by atoms with van der Waals surface area (Å²) in [5, 5.41) is 0. The van der Waals surface area contributed by atoms with E-state index in [0.717, 1.165) is 39.0 Å². The first-order valence-corrected chi connectivity index (χ1v) is 7.75. The third-order valence-electron chi connectivity index (χ3n) is 4.62. The molecule has 0 radical (unpaired) electrons. The lowest BCUT2D eigenvalue weighted by molar-refractivity contribution is -0.138. The summed E-state index contributed by atoms with van der Waals surface area (Å²) in [6.45, 7) is 7.97. The van der Waals surface area contributed by atoms with E-state index < -0.39 is 0 Å². The summed E-state index contributed by atoms with van der Waals surface area (Å²) >= 11 is 0. The fourth-order valence-corrected chi connectivity index (χ4v) is 3.23. The van der Waals surface area contributed by atoms with E-state index in [1.807, 2.05) is 0 Å². The van der Waals surface area contributed by atoms with Gasteiger partial charge in [-0.25, -0.2) is 0 Å². The van der Waals surface area contributed by atoms with Crippen molar-refractivity contribution < 1.29 is 4.79 Å². The van der Waals surface area contributed by atoms with Crippen molar-refractivity contribution >= 4 is 11.6 Å². The molecule has 1 heterocycles. The minimum atomic E-state index is 0.336. The van der Waals surface area contributed by atoms with Gasteiger partial charge in [-0.3, -0.25) is 4.79 Å². The second-order valence-electron chi connectivity index (χ2n) is 6.29. The molecule has 1 aliphatic carbocycles. The highest BCUT2D eigenvalue weighted by Crippen LogP contribution is 2.29. The highest BCUT2D eigenvalue weighted by molar-refractivity contribution is 5.79. The van der Waals surface area contributed by atoms with Crippen LogP contribution in [0.2, 0.25) is 0 Å². The van der Waals surface area contributed by atoms with Crippen molar-refractivity contribution in [1.29, 1.82) is 0 Å². The zero-order valence-electron chi connectivity index (χ0n) is 12.6. The van der Waals surface area contributed by atoms with Gasteiger partial charge in [0.2, 0.25) is 5.91 Å². The maximum Gasteiger partial charge on any atom is 0.225 e. The minimum absolute atomic E-state index is 0.336. The number of rotatable bonds is 2. The van der Waals surface area contributed by atoms with Crippen LogP contribution >= 0.6 is 0 Å². The molecule has 0 spiro atoms. The van der Waals surface area contributed by atoms with Crippen LogP contribution in [0.1, 0.15) is 30.4 Å². The Bertz CT molecular complexity index is 479. The van der Waals surface area contributed by atoms with Crippen molar-refractivity contribution in [2.75, 3.05) is 31.1 Å². The number of benzene rings is 1. The second kappa shape index (κ2) is 5.47. The third-order valence-corrected chi connectivity index (χ3v) is 4.62. The third kappa shape index (κ3) is 2.67. The first-order chi connectivity index (χ1) is 9.63. The van der Waals surface area contributed by atoms with Crippen LogP contribution in [0, 0.1) is 19.8 Å². The Labute approximate surface area is 121 Å². The van der Waals surface area contributed by atoms with E-state index in [-0.39, 0.29) is 0 Å². The molecule has 108 valence electrons. The Hall–Kier alpha value is -1.51. The van der Waals surface area contributed by atoms with Crippen molar-refractivity contribution in [3.63, 3.8) is 0 Å². The van der Waals surface area contributed by atoms with E-state index >= 15 is 0 Å². The number of carbonyl (C=O) groups excluding carboxylic acids is 1. The fraction of sp³-hybridized carbons (Fsp3) is 0.588. The molecular formula is C17H24N2O. The van der Waals surface area contributed by atoms with Crippen molar-refractivity contribution in [3.05, 3.63) is 29.3 Å². The second-order valence-corrected chi connectivity index (χ2v) is 6.29. The zero-order valence-corrected chi connectivity index (χ0v) is 12.6. The molecule has 0 N–H and O–H groups in total. The number of hydrogen-bond donors (Lipinski definition) is 0. The van der Waals surface area contributed by atoms with Crippen LogP contribution in [0.5, 0.6) is 0 Å². The number of nitrogens with zero attached hydrogens (tertiary/aromatic N) is 2. The smallest absolute Gasteiger partial charge is 0.225 e. The lowest BCUT2D eigenvalue weighted by Gasteiger charge is -2.39. The summed E-state index contributed by atoms with van der Waals surface area (Å²) in [6.07, 6.45) is 3.45. The lowest BCUT2D eigenvalue weighted by Crippen LogP contribution is -2.51. The van der Waals surface area contributed by atoms with Gasteiger partial charge in [0.15, 0.2) is 0 Å². The Balaban J connectivity index is 1.61. The summed E-state index contributed by atoms with van der Waals surface area (Å²) < 4.78 is 0. The highest BCUT2D eigenvalue weighted by Gasteiger charge is 2.31. The van der Waals surface area contributed by atoms with Gasteiger partial charge in [-0.15, -0.1) is 0 Å². The molecule has 3 heteroatoms. The van der Waals surface area contributed by atoms with Gasteiger partial charge < -0.3 is 9.80 Å². The molecule has 1 aliphatic heterocycles. The van der Waals surface area contributed by atoms with Gasteiger partial charge in [0.1, 0.15) is 0 Å². The molecule has 1 saturated heterocycles. The van der Waals surface area contributed by atoms with Gasteiger partial charge in [-0.2, -0.15) is 0 Å². The average molecular weight is 272 g/mol. The number of anilines is 1. The summed E-state index contributed by atoms with van der Waals surface area (Å²) in [5.74, 6) is 0.735. The van der Waals surface area contributed by atoms with E-state index in [0.29, 0.717) is 11.8 Å². The van der Waals surface area contributed by atoms with E-state index in [2.05, 4.69) is 41.8 Å². The quantitative estimate of drug-likeness (QED) is 0.826. The first-order valence-electron chi connectivity index (χ1n) is 7.75. The van der Waals surface area contributed by atoms with Gasteiger partial charge in [0, 0.05) is 37.8 Å². The largest absolute Gasteiger partial charge is 0.368 e. The molecule has 1 aromatic rings. The van der Waals surface area contributed by atoms with Crippen LogP contribution in [0.4, 0.5) is 5.69 Å². The number of aryl methyl sites for hydroxylation is 2. The average Bonchev–Trinajstić information content (AvgIpc) is 2.35. The van der Waals surface area contributed by atoms with E-state index in [4.69, 9.17) is 0 Å². The Morgan fingerprint density at radius 1 is 1.00 bits per heavy atom. The molecule has 0 bridgehead atoms. The molecule has 2 aliphatic rings. The summed E-state index contributed by atoms with van der Waals surface area (Å²) in [7, 11) is 0. The lowest BCUT2D eigenvalue weighted by atomic mass is 9.84. The first kappa shape index (κ1) is 13.5. The van der Waals surface area contributed by atoms with Crippen molar-refractivity contribution in [2.45, 2.75) is 33.1 Å². The molecule has 0 aromatic heterocycles. The van der Waals surface area contributed by atoms with Crippen LogP contribution in [-0.4, -0.2) is 37.0 Å². The molecule has 3 nitrogen and oxygen atoms in total. The Morgan fingerprint density at radius 2 is 1.60 bits per heavy atom. The minimum Gasteiger partial charge on any atom is -0.368 e. The topological polar surface area (TPSA) is 23.6 Å². The Kier molecular flexibility index (Phi) is 3.68. The standard InChI is InChI=1S/C17H24N2O/c1-13-10-14(2)12-16(11-13)18-6-8-19(9-7-18)17(20)15-4-3-5-15/h10-12,15H,3-9H2,1-2H3. The Morgan fingerprint density at radius 3 is 2.10 bits per heavy atom. The van der Waals surface area contributed by atoms with E-state index in [1.165, 1.54) is 23.2 Å². The molecule has 1 saturated carbocycles. The fourth-order valence-electron chi connectivity index (χ4n) is 3.23. The molecule has 2 fully saturated rings. The van der Waals surface area contributed by atoms with Crippen molar-refractivity contribution in [1.82, 2.24) is 4.90 Å². The zero-order chi connectivity index (χ0) is 14.1. The van der Waals surface area contributed by atoms with Crippen LogP contribution in [-0.2, 0) is 4.79 Å². The van der Waals surface area contributed by atoms with Gasteiger partial charge in [0.25, 0.3) is 0 Å².